The normalized spacial score (nSPS) is 13.2. The summed E-state index contributed by atoms with van der Waals surface area (Å²) in [6.45, 7) is 0. The second-order valence-electron chi connectivity index (χ2n) is 1.51. The van der Waals surface area contributed by atoms with Crippen molar-refractivity contribution < 1.29 is 4.79 Å². The molecule has 0 amide bonds. The fraction of sp³-hybridized carbons (Fsp3) is 0.800. The minimum absolute atomic E-state index is 0.00926. The Bertz CT molecular complexity index is 67.4. The summed E-state index contributed by atoms with van der Waals surface area (Å²) in [6, 6.07) is 0. The first-order valence-corrected chi connectivity index (χ1v) is 3.56. The van der Waals surface area contributed by atoms with Crippen molar-refractivity contribution in [3.63, 3.8) is 0 Å². The third kappa shape index (κ3) is 4.47. The van der Waals surface area contributed by atoms with Crippen molar-refractivity contribution in [2.45, 2.75) is 18.2 Å². The van der Waals surface area contributed by atoms with E-state index in [2.05, 4.69) is 12.6 Å². The van der Waals surface area contributed by atoms with E-state index in [1.807, 2.05) is 0 Å². The topological polar surface area (TPSA) is 17.1 Å². The monoisotopic (exact) mass is 152 g/mol. The number of hydrogen-bond acceptors (Lipinski definition) is 2. The lowest BCUT2D eigenvalue weighted by atomic mass is 10.3. The number of hydrogen-bond donors (Lipinski definition) is 1. The highest BCUT2D eigenvalue weighted by atomic mass is 35.5. The lowest BCUT2D eigenvalue weighted by Crippen LogP contribution is -1.98. The predicted octanol–water partition coefficient (Wildman–Crippen LogP) is 1.50. The van der Waals surface area contributed by atoms with Gasteiger partial charge in [-0.1, -0.05) is 0 Å². The molecule has 1 atom stereocenters. The standard InChI is InChI=1S/C5H9ClOS/c6-5(1-3-7)2-4-8/h3,5,8H,1-2,4H2. The molecule has 0 aliphatic carbocycles. The van der Waals surface area contributed by atoms with E-state index in [0.29, 0.717) is 6.42 Å². The zero-order valence-electron chi connectivity index (χ0n) is 4.51. The van der Waals surface area contributed by atoms with E-state index < -0.39 is 0 Å². The first-order chi connectivity index (χ1) is 3.81. The molecule has 3 heteroatoms. The summed E-state index contributed by atoms with van der Waals surface area (Å²) in [4.78, 5) is 9.78. The van der Waals surface area contributed by atoms with E-state index in [1.54, 1.807) is 0 Å². The van der Waals surface area contributed by atoms with E-state index in [-0.39, 0.29) is 5.38 Å². The summed E-state index contributed by atoms with van der Waals surface area (Å²) in [5.74, 6) is 0.752. The van der Waals surface area contributed by atoms with Gasteiger partial charge in [-0.3, -0.25) is 0 Å². The molecule has 0 spiro atoms. The molecule has 0 saturated carbocycles. The van der Waals surface area contributed by atoms with Crippen molar-refractivity contribution >= 4 is 30.5 Å². The van der Waals surface area contributed by atoms with Gasteiger partial charge in [0.15, 0.2) is 0 Å². The quantitative estimate of drug-likeness (QED) is 0.367. The van der Waals surface area contributed by atoms with Gasteiger partial charge in [0.2, 0.25) is 0 Å². The Labute approximate surface area is 59.8 Å². The van der Waals surface area contributed by atoms with Gasteiger partial charge in [-0.05, 0) is 12.2 Å². The van der Waals surface area contributed by atoms with Crippen LogP contribution in [0.2, 0.25) is 0 Å². The SMILES string of the molecule is O=CCC(Cl)CCS. The van der Waals surface area contributed by atoms with E-state index in [1.165, 1.54) is 0 Å². The fourth-order valence-electron chi connectivity index (χ4n) is 0.362. The maximum atomic E-state index is 9.78. The number of carbonyl (C=O) groups excluding carboxylic acids is 1. The molecule has 48 valence electrons. The first-order valence-electron chi connectivity index (χ1n) is 2.49. The van der Waals surface area contributed by atoms with E-state index >= 15 is 0 Å². The van der Waals surface area contributed by atoms with Crippen LogP contribution in [0, 0.1) is 0 Å². The van der Waals surface area contributed by atoms with Crippen molar-refractivity contribution in [2.24, 2.45) is 0 Å². The van der Waals surface area contributed by atoms with Crippen LogP contribution < -0.4 is 0 Å². The van der Waals surface area contributed by atoms with Gasteiger partial charge in [0.1, 0.15) is 6.29 Å². The Kier molecular flexibility index (Phi) is 5.66. The molecule has 0 fully saturated rings. The van der Waals surface area contributed by atoms with Gasteiger partial charge < -0.3 is 4.79 Å². The van der Waals surface area contributed by atoms with Gasteiger partial charge >= 0.3 is 0 Å². The van der Waals surface area contributed by atoms with Crippen LogP contribution >= 0.6 is 24.2 Å². The van der Waals surface area contributed by atoms with E-state index in [9.17, 15) is 4.79 Å². The molecule has 0 aromatic heterocycles. The largest absolute Gasteiger partial charge is 0.303 e. The summed E-state index contributed by atoms with van der Waals surface area (Å²) in [5.41, 5.74) is 0. The average molecular weight is 153 g/mol. The smallest absolute Gasteiger partial charge is 0.121 e. The van der Waals surface area contributed by atoms with Crippen LogP contribution in [-0.4, -0.2) is 17.4 Å². The van der Waals surface area contributed by atoms with Gasteiger partial charge in [0, 0.05) is 11.8 Å². The van der Waals surface area contributed by atoms with Crippen LogP contribution in [0.4, 0.5) is 0 Å². The Morgan fingerprint density at radius 3 is 2.75 bits per heavy atom. The van der Waals surface area contributed by atoms with Crippen LogP contribution in [0.1, 0.15) is 12.8 Å². The van der Waals surface area contributed by atoms with Crippen LogP contribution in [0.3, 0.4) is 0 Å². The zero-order chi connectivity index (χ0) is 6.41. The summed E-state index contributed by atoms with van der Waals surface area (Å²) in [5, 5.41) is -0.00926. The number of alkyl halides is 1. The van der Waals surface area contributed by atoms with Crippen LogP contribution in [0.15, 0.2) is 0 Å². The molecule has 0 rings (SSSR count). The van der Waals surface area contributed by atoms with Crippen LogP contribution in [0.25, 0.3) is 0 Å². The highest BCUT2D eigenvalue weighted by Gasteiger charge is 1.99. The molecular formula is C5H9ClOS. The summed E-state index contributed by atoms with van der Waals surface area (Å²) in [6.07, 6.45) is 2.09. The molecule has 0 aromatic rings. The first kappa shape index (κ1) is 8.31. The van der Waals surface area contributed by atoms with Crippen molar-refractivity contribution in [3.8, 4) is 0 Å². The van der Waals surface area contributed by atoms with E-state index in [4.69, 9.17) is 11.6 Å². The molecular weight excluding hydrogens is 144 g/mol. The second-order valence-corrected chi connectivity index (χ2v) is 2.58. The predicted molar refractivity (Wildman–Crippen MR) is 38.8 cm³/mol. The van der Waals surface area contributed by atoms with Crippen LogP contribution in [-0.2, 0) is 4.79 Å². The summed E-state index contributed by atoms with van der Waals surface area (Å²) in [7, 11) is 0. The molecule has 0 N–H and O–H groups in total. The molecule has 0 radical (unpaired) electrons. The summed E-state index contributed by atoms with van der Waals surface area (Å²) < 4.78 is 0. The van der Waals surface area contributed by atoms with Gasteiger partial charge in [-0.2, -0.15) is 12.6 Å². The fourth-order valence-corrected chi connectivity index (χ4v) is 1.01. The zero-order valence-corrected chi connectivity index (χ0v) is 6.16. The van der Waals surface area contributed by atoms with E-state index in [0.717, 1.165) is 18.5 Å². The Morgan fingerprint density at radius 1 is 1.75 bits per heavy atom. The third-order valence-electron chi connectivity index (χ3n) is 0.794. The molecule has 1 nitrogen and oxygen atoms in total. The van der Waals surface area contributed by atoms with Crippen molar-refractivity contribution in [3.05, 3.63) is 0 Å². The Morgan fingerprint density at radius 2 is 2.38 bits per heavy atom. The number of rotatable bonds is 4. The lowest BCUT2D eigenvalue weighted by molar-refractivity contribution is -0.107. The highest BCUT2D eigenvalue weighted by Crippen LogP contribution is 2.05. The molecule has 0 heterocycles. The lowest BCUT2D eigenvalue weighted by Gasteiger charge is -1.98. The van der Waals surface area contributed by atoms with Gasteiger partial charge in [-0.25, -0.2) is 0 Å². The Balaban J connectivity index is 3.03. The molecule has 8 heavy (non-hydrogen) atoms. The van der Waals surface area contributed by atoms with Crippen molar-refractivity contribution in [2.75, 3.05) is 5.75 Å². The molecule has 0 aliphatic rings. The number of thiol groups is 1. The van der Waals surface area contributed by atoms with Gasteiger partial charge in [-0.15, -0.1) is 11.6 Å². The highest BCUT2D eigenvalue weighted by molar-refractivity contribution is 7.80. The summed E-state index contributed by atoms with van der Waals surface area (Å²) >= 11 is 9.55. The van der Waals surface area contributed by atoms with Gasteiger partial charge in [0.05, 0.1) is 0 Å². The van der Waals surface area contributed by atoms with Gasteiger partial charge in [0.25, 0.3) is 0 Å². The number of halogens is 1. The molecule has 1 unspecified atom stereocenters. The molecule has 0 bridgehead atoms. The second kappa shape index (κ2) is 5.45. The number of carbonyl (C=O) groups is 1. The minimum atomic E-state index is -0.00926. The minimum Gasteiger partial charge on any atom is -0.303 e. The average Bonchev–Trinajstić information content (AvgIpc) is 1.68. The Hall–Kier alpha value is 0.310. The van der Waals surface area contributed by atoms with Crippen LogP contribution in [0.5, 0.6) is 0 Å². The molecule has 0 aromatic carbocycles. The number of aldehydes is 1. The molecule has 0 saturated heterocycles. The maximum absolute atomic E-state index is 9.78. The maximum Gasteiger partial charge on any atom is 0.121 e. The van der Waals surface area contributed by atoms with Crippen molar-refractivity contribution in [1.82, 2.24) is 0 Å². The third-order valence-corrected chi connectivity index (χ3v) is 1.45. The molecule has 0 aliphatic heterocycles. The van der Waals surface area contributed by atoms with Crippen molar-refractivity contribution in [1.29, 1.82) is 0 Å².